The number of H-pyrrole nitrogens is 1. The largest absolute Gasteiger partial charge is 0.435 e. The number of benzene rings is 1. The number of nitrogens with one attached hydrogen (secondary N) is 2. The first kappa shape index (κ1) is 20.0. The van der Waals surface area contributed by atoms with Crippen molar-refractivity contribution in [2.24, 2.45) is 0 Å². The molecule has 148 valence electrons. The molecule has 3 aromatic rings. The van der Waals surface area contributed by atoms with E-state index in [1.165, 1.54) is 12.1 Å². The lowest BCUT2D eigenvalue weighted by Crippen LogP contribution is -2.25. The van der Waals surface area contributed by atoms with Crippen molar-refractivity contribution >= 4 is 21.8 Å². The van der Waals surface area contributed by atoms with Gasteiger partial charge in [0.2, 0.25) is 0 Å². The van der Waals surface area contributed by atoms with Gasteiger partial charge in [-0.25, -0.2) is 0 Å². The molecule has 2 aromatic heterocycles. The van der Waals surface area contributed by atoms with Crippen LogP contribution < -0.4 is 10.1 Å². The van der Waals surface area contributed by atoms with Crippen LogP contribution in [0.2, 0.25) is 0 Å². The highest BCUT2D eigenvalue weighted by atomic mass is 79.9. The number of halogens is 3. The highest BCUT2D eigenvalue weighted by molar-refractivity contribution is 9.10. The van der Waals surface area contributed by atoms with Gasteiger partial charge in [0.1, 0.15) is 11.4 Å². The van der Waals surface area contributed by atoms with Crippen LogP contribution in [-0.2, 0) is 6.54 Å². The van der Waals surface area contributed by atoms with Gasteiger partial charge in [-0.3, -0.25) is 14.6 Å². The summed E-state index contributed by atoms with van der Waals surface area (Å²) in [6, 6.07) is 7.64. The molecule has 0 saturated carbocycles. The standard InChI is InChI=1S/C18H18BrF2N5O2/c1-11-14(19)10-26(25-11)8-2-7-22-17(27)16-9-15(23-24-16)12-3-5-13(6-4-12)28-18(20)21/h3-6,9-10,18H,2,7-8H2,1H3,(H,22,27)(H,23,24). The van der Waals surface area contributed by atoms with E-state index in [9.17, 15) is 13.6 Å². The number of ether oxygens (including phenoxy) is 1. The average Bonchev–Trinajstić information content (AvgIpc) is 3.26. The molecule has 0 spiro atoms. The maximum Gasteiger partial charge on any atom is 0.387 e. The van der Waals surface area contributed by atoms with Crippen LogP contribution >= 0.6 is 15.9 Å². The second-order valence-electron chi connectivity index (χ2n) is 6.00. The minimum absolute atomic E-state index is 0.0617. The third-order valence-electron chi connectivity index (χ3n) is 3.93. The summed E-state index contributed by atoms with van der Waals surface area (Å²) in [7, 11) is 0. The smallest absolute Gasteiger partial charge is 0.387 e. The zero-order valence-electron chi connectivity index (χ0n) is 15.0. The molecule has 0 aliphatic heterocycles. The highest BCUT2D eigenvalue weighted by Gasteiger charge is 2.11. The van der Waals surface area contributed by atoms with Crippen LogP contribution in [-0.4, -0.2) is 39.0 Å². The maximum absolute atomic E-state index is 12.2. The van der Waals surface area contributed by atoms with Crippen molar-refractivity contribution in [2.45, 2.75) is 26.5 Å². The third-order valence-corrected chi connectivity index (χ3v) is 4.71. The van der Waals surface area contributed by atoms with Gasteiger partial charge in [-0.15, -0.1) is 0 Å². The summed E-state index contributed by atoms with van der Waals surface area (Å²) >= 11 is 3.41. The van der Waals surface area contributed by atoms with Gasteiger partial charge in [-0.1, -0.05) is 0 Å². The van der Waals surface area contributed by atoms with Crippen molar-refractivity contribution in [1.82, 2.24) is 25.3 Å². The van der Waals surface area contributed by atoms with Crippen LogP contribution in [0.3, 0.4) is 0 Å². The predicted octanol–water partition coefficient (Wildman–Crippen LogP) is 3.77. The first-order chi connectivity index (χ1) is 13.4. The Balaban J connectivity index is 1.50. The second-order valence-corrected chi connectivity index (χ2v) is 6.86. The summed E-state index contributed by atoms with van der Waals surface area (Å²) in [5, 5.41) is 13.9. The van der Waals surface area contributed by atoms with Crippen molar-refractivity contribution in [2.75, 3.05) is 6.54 Å². The van der Waals surface area contributed by atoms with Gasteiger partial charge in [0, 0.05) is 24.8 Å². The Morgan fingerprint density at radius 2 is 2.11 bits per heavy atom. The number of aryl methyl sites for hydroxylation is 2. The van der Waals surface area contributed by atoms with E-state index in [1.54, 1.807) is 18.2 Å². The first-order valence-electron chi connectivity index (χ1n) is 8.51. The molecule has 0 saturated heterocycles. The van der Waals surface area contributed by atoms with E-state index in [1.807, 2.05) is 17.8 Å². The first-order valence-corrected chi connectivity index (χ1v) is 9.30. The van der Waals surface area contributed by atoms with E-state index in [2.05, 4.69) is 41.3 Å². The summed E-state index contributed by atoms with van der Waals surface area (Å²) in [6.07, 6.45) is 2.63. The summed E-state index contributed by atoms with van der Waals surface area (Å²) < 4.78 is 31.5. The number of carbonyl (C=O) groups excluding carboxylic acids is 1. The van der Waals surface area contributed by atoms with E-state index in [-0.39, 0.29) is 11.7 Å². The number of hydrogen-bond acceptors (Lipinski definition) is 4. The van der Waals surface area contributed by atoms with Crippen molar-refractivity contribution < 1.29 is 18.3 Å². The van der Waals surface area contributed by atoms with Crippen LogP contribution in [0.15, 0.2) is 41.0 Å². The quantitative estimate of drug-likeness (QED) is 0.508. The molecule has 0 fully saturated rings. The molecule has 2 heterocycles. The third kappa shape index (κ3) is 5.16. The number of carbonyl (C=O) groups is 1. The Hall–Kier alpha value is -2.75. The summed E-state index contributed by atoms with van der Waals surface area (Å²) in [6.45, 7) is 0.222. The molecule has 2 N–H and O–H groups in total. The maximum atomic E-state index is 12.2. The van der Waals surface area contributed by atoms with Crippen LogP contribution in [0, 0.1) is 6.92 Å². The topological polar surface area (TPSA) is 84.8 Å². The molecule has 0 atom stereocenters. The lowest BCUT2D eigenvalue weighted by atomic mass is 10.1. The molecular weight excluding hydrogens is 436 g/mol. The molecule has 0 aliphatic rings. The fraction of sp³-hybridized carbons (Fsp3) is 0.278. The normalized spacial score (nSPS) is 11.0. The molecule has 0 unspecified atom stereocenters. The van der Waals surface area contributed by atoms with Crippen molar-refractivity contribution in [3.8, 4) is 17.0 Å². The fourth-order valence-corrected chi connectivity index (χ4v) is 2.86. The molecule has 1 amide bonds. The van der Waals surface area contributed by atoms with Crippen LogP contribution in [0.5, 0.6) is 5.75 Å². The lowest BCUT2D eigenvalue weighted by molar-refractivity contribution is -0.0498. The van der Waals surface area contributed by atoms with Gasteiger partial charge in [-0.05, 0) is 59.6 Å². The van der Waals surface area contributed by atoms with Crippen LogP contribution in [0.1, 0.15) is 22.6 Å². The number of rotatable bonds is 8. The molecule has 28 heavy (non-hydrogen) atoms. The van der Waals surface area contributed by atoms with Gasteiger partial charge < -0.3 is 10.1 Å². The Morgan fingerprint density at radius 3 is 2.75 bits per heavy atom. The van der Waals surface area contributed by atoms with E-state index in [0.29, 0.717) is 30.0 Å². The minimum atomic E-state index is -2.87. The van der Waals surface area contributed by atoms with E-state index >= 15 is 0 Å². The molecule has 3 rings (SSSR count). The summed E-state index contributed by atoms with van der Waals surface area (Å²) in [4.78, 5) is 12.2. The Kier molecular flexibility index (Phi) is 6.40. The van der Waals surface area contributed by atoms with Crippen LogP contribution in [0.4, 0.5) is 8.78 Å². The molecule has 7 nitrogen and oxygen atoms in total. The number of nitrogens with zero attached hydrogens (tertiary/aromatic N) is 3. The van der Waals surface area contributed by atoms with E-state index in [4.69, 9.17) is 0 Å². The Morgan fingerprint density at radius 1 is 1.36 bits per heavy atom. The van der Waals surface area contributed by atoms with Gasteiger partial charge >= 0.3 is 6.61 Å². The van der Waals surface area contributed by atoms with Gasteiger partial charge in [0.15, 0.2) is 0 Å². The molecule has 0 aliphatic carbocycles. The lowest BCUT2D eigenvalue weighted by Gasteiger charge is -2.04. The summed E-state index contributed by atoms with van der Waals surface area (Å²) in [5.41, 5.74) is 2.45. The monoisotopic (exact) mass is 453 g/mol. The fourth-order valence-electron chi connectivity index (χ4n) is 2.54. The van der Waals surface area contributed by atoms with E-state index in [0.717, 1.165) is 16.6 Å². The zero-order chi connectivity index (χ0) is 20.1. The molecule has 1 aromatic carbocycles. The van der Waals surface area contributed by atoms with Gasteiger partial charge in [0.05, 0.1) is 15.9 Å². The number of amides is 1. The molecular formula is C18H18BrF2N5O2. The molecule has 10 heteroatoms. The van der Waals surface area contributed by atoms with E-state index < -0.39 is 6.61 Å². The van der Waals surface area contributed by atoms with Crippen LogP contribution in [0.25, 0.3) is 11.3 Å². The number of aromatic amines is 1. The van der Waals surface area contributed by atoms with Gasteiger partial charge in [0.25, 0.3) is 5.91 Å². The Labute approximate surface area is 168 Å². The van der Waals surface area contributed by atoms with Crippen molar-refractivity contribution in [1.29, 1.82) is 0 Å². The number of aromatic nitrogens is 4. The molecule has 0 radical (unpaired) electrons. The highest BCUT2D eigenvalue weighted by Crippen LogP contribution is 2.22. The van der Waals surface area contributed by atoms with Crippen molar-refractivity contribution in [3.05, 3.63) is 52.4 Å². The van der Waals surface area contributed by atoms with Gasteiger partial charge in [-0.2, -0.15) is 19.0 Å². The SMILES string of the molecule is Cc1nn(CCCNC(=O)c2cc(-c3ccc(OC(F)F)cc3)n[nH]2)cc1Br. The zero-order valence-corrected chi connectivity index (χ0v) is 16.5. The second kappa shape index (κ2) is 8.96. The average molecular weight is 454 g/mol. The number of alkyl halides is 2. The minimum Gasteiger partial charge on any atom is -0.435 e. The summed E-state index contributed by atoms with van der Waals surface area (Å²) in [5.74, 6) is -0.208. The molecule has 0 bridgehead atoms. The number of hydrogen-bond donors (Lipinski definition) is 2. The Bertz CT molecular complexity index is 920. The predicted molar refractivity (Wildman–Crippen MR) is 102 cm³/mol. The van der Waals surface area contributed by atoms with Crippen molar-refractivity contribution in [3.63, 3.8) is 0 Å².